The second-order valence-electron chi connectivity index (χ2n) is 11.3. The average molecular weight is 896 g/mol. The fourth-order valence-electron chi connectivity index (χ4n) is 5.40. The van der Waals surface area contributed by atoms with Gasteiger partial charge in [0, 0.05) is 10.7 Å². The fraction of sp³-hybridized carbons (Fsp3) is 0.282. The van der Waals surface area contributed by atoms with Crippen LogP contribution in [0.25, 0.3) is 27.6 Å². The first kappa shape index (κ1) is 43.7. The Labute approximate surface area is 331 Å². The third-order valence-corrected chi connectivity index (χ3v) is 9.40. The van der Waals surface area contributed by atoms with E-state index < -0.39 is 33.2 Å². The molecule has 1 N–H and O–H groups in total. The number of ether oxygens (including phenoxy) is 4. The van der Waals surface area contributed by atoms with Crippen LogP contribution in [0.3, 0.4) is 0 Å². The minimum Gasteiger partial charge on any atom is -0.496 e. The van der Waals surface area contributed by atoms with E-state index in [-0.39, 0.29) is 4.48 Å². The highest BCUT2D eigenvalue weighted by molar-refractivity contribution is 9.12. The third-order valence-electron chi connectivity index (χ3n) is 8.00. The molecular formula is C39H42Br2ClNO9S. The summed E-state index contributed by atoms with van der Waals surface area (Å²) < 4.78 is 40.1. The number of carbonyl (C=O) groups is 2. The largest absolute Gasteiger partial charge is 0.496 e. The topological polar surface area (TPSA) is 129 Å². The van der Waals surface area contributed by atoms with Crippen molar-refractivity contribution in [3.63, 3.8) is 0 Å². The third kappa shape index (κ3) is 12.1. The van der Waals surface area contributed by atoms with Crippen LogP contribution in [0.5, 0.6) is 0 Å². The van der Waals surface area contributed by atoms with Gasteiger partial charge in [0.25, 0.3) is 0 Å². The van der Waals surface area contributed by atoms with Crippen LogP contribution < -0.4 is 0 Å². The minimum absolute atomic E-state index is 0.217. The SMILES string of the molecule is CCN(CC)CC.COC1=C(Br)C(=O)O/C1=C\c1cccc2ccccc12.COC1=C(Br)C(=O)OC1C(O)c1cccc2ccccc12.CS(=O)(=O)Cl. The zero-order valence-electron chi connectivity index (χ0n) is 30.1. The number of hydrogen-bond donors (Lipinski definition) is 1. The minimum atomic E-state index is -3.19. The van der Waals surface area contributed by atoms with Crippen LogP contribution in [0, 0.1) is 0 Å². The van der Waals surface area contributed by atoms with Gasteiger partial charge in [0.05, 0.1) is 20.5 Å². The summed E-state index contributed by atoms with van der Waals surface area (Å²) in [5, 5.41) is 14.8. The predicted octanol–water partition coefficient (Wildman–Crippen LogP) is 8.57. The lowest BCUT2D eigenvalue weighted by atomic mass is 9.97. The second kappa shape index (κ2) is 20.7. The van der Waals surface area contributed by atoms with Gasteiger partial charge in [0.15, 0.2) is 23.4 Å². The molecule has 2 aliphatic heterocycles. The molecule has 0 spiro atoms. The molecular weight excluding hydrogens is 854 g/mol. The first-order valence-electron chi connectivity index (χ1n) is 16.5. The van der Waals surface area contributed by atoms with E-state index in [2.05, 4.69) is 68.2 Å². The number of aliphatic hydroxyl groups excluding tert-OH is 1. The van der Waals surface area contributed by atoms with Crippen LogP contribution in [0.15, 0.2) is 111 Å². The Morgan fingerprint density at radius 2 is 1.32 bits per heavy atom. The lowest BCUT2D eigenvalue weighted by Crippen LogP contribution is -2.22. The van der Waals surface area contributed by atoms with Crippen LogP contribution >= 0.6 is 42.5 Å². The lowest BCUT2D eigenvalue weighted by molar-refractivity contribution is -0.144. The van der Waals surface area contributed by atoms with Gasteiger partial charge in [-0.2, -0.15) is 0 Å². The number of aliphatic hydroxyl groups is 1. The maximum Gasteiger partial charge on any atom is 0.354 e. The van der Waals surface area contributed by atoms with Gasteiger partial charge in [-0.15, -0.1) is 0 Å². The Balaban J connectivity index is 0.000000220. The normalized spacial score (nSPS) is 16.7. The number of cyclic esters (lactones) is 2. The summed E-state index contributed by atoms with van der Waals surface area (Å²) in [7, 11) is 4.26. The van der Waals surface area contributed by atoms with Gasteiger partial charge in [0.1, 0.15) is 15.1 Å². The number of benzene rings is 4. The molecule has 10 nitrogen and oxygen atoms in total. The first-order chi connectivity index (χ1) is 25.2. The smallest absolute Gasteiger partial charge is 0.354 e. The Bertz CT molecular complexity index is 2090. The summed E-state index contributed by atoms with van der Waals surface area (Å²) in [6.07, 6.45) is 0.898. The van der Waals surface area contributed by atoms with Crippen LogP contribution in [0.4, 0.5) is 0 Å². The predicted molar refractivity (Wildman–Crippen MR) is 217 cm³/mol. The van der Waals surface area contributed by atoms with E-state index in [9.17, 15) is 23.1 Å². The molecule has 0 saturated heterocycles. The van der Waals surface area contributed by atoms with Crippen LogP contribution in [0.2, 0.25) is 0 Å². The van der Waals surface area contributed by atoms with Gasteiger partial charge in [0.2, 0.25) is 9.05 Å². The Morgan fingerprint density at radius 3 is 1.85 bits per heavy atom. The van der Waals surface area contributed by atoms with E-state index >= 15 is 0 Å². The molecule has 0 aliphatic carbocycles. The highest BCUT2D eigenvalue weighted by Crippen LogP contribution is 2.37. The van der Waals surface area contributed by atoms with Crippen LogP contribution in [-0.2, 0) is 37.6 Å². The molecule has 2 unspecified atom stereocenters. The van der Waals surface area contributed by atoms with Gasteiger partial charge in [-0.3, -0.25) is 0 Å². The number of fused-ring (bicyclic) bond motifs is 2. The number of methoxy groups -OCH3 is 2. The van der Waals surface area contributed by atoms with Crippen molar-refractivity contribution in [2.75, 3.05) is 40.1 Å². The van der Waals surface area contributed by atoms with Gasteiger partial charge in [-0.05, 0) is 90.2 Å². The number of carbonyl (C=O) groups excluding carboxylic acids is 2. The first-order valence-corrected chi connectivity index (χ1v) is 20.8. The van der Waals surface area contributed by atoms with Crippen molar-refractivity contribution in [2.24, 2.45) is 0 Å². The fourth-order valence-corrected chi connectivity index (χ4v) is 6.32. The van der Waals surface area contributed by atoms with Gasteiger partial charge in [-0.1, -0.05) is 106 Å². The summed E-state index contributed by atoms with van der Waals surface area (Å²) in [5.41, 5.74) is 1.67. The van der Waals surface area contributed by atoms with E-state index in [0.29, 0.717) is 27.3 Å². The van der Waals surface area contributed by atoms with E-state index in [1.807, 2.05) is 91.0 Å². The van der Waals surface area contributed by atoms with Gasteiger partial charge >= 0.3 is 11.9 Å². The van der Waals surface area contributed by atoms with Crippen LogP contribution in [0.1, 0.15) is 38.0 Å². The summed E-state index contributed by atoms with van der Waals surface area (Å²) in [6, 6.07) is 27.4. The molecule has 0 bridgehead atoms. The van der Waals surface area contributed by atoms with Crippen LogP contribution in [-0.4, -0.2) is 76.6 Å². The van der Waals surface area contributed by atoms with Gasteiger partial charge in [-0.25, -0.2) is 18.0 Å². The van der Waals surface area contributed by atoms with E-state index in [4.69, 9.17) is 18.9 Å². The Hall–Kier alpha value is -3.72. The summed E-state index contributed by atoms with van der Waals surface area (Å²) in [4.78, 5) is 25.6. The lowest BCUT2D eigenvalue weighted by Gasteiger charge is -2.21. The van der Waals surface area contributed by atoms with E-state index in [1.165, 1.54) is 33.9 Å². The molecule has 0 aromatic heterocycles. The maximum absolute atomic E-state index is 11.6. The monoisotopic (exact) mass is 893 g/mol. The summed E-state index contributed by atoms with van der Waals surface area (Å²) in [5.74, 6) is 0.175. The Kier molecular flexibility index (Phi) is 17.0. The molecule has 14 heteroatoms. The van der Waals surface area contributed by atoms with Crippen molar-refractivity contribution in [3.05, 3.63) is 122 Å². The van der Waals surface area contributed by atoms with E-state index in [0.717, 1.165) is 33.4 Å². The number of hydrogen-bond acceptors (Lipinski definition) is 10. The quantitative estimate of drug-likeness (QED) is 0.136. The molecule has 0 fully saturated rings. The Morgan fingerprint density at radius 1 is 0.811 bits per heavy atom. The van der Waals surface area contributed by atoms with Crippen molar-refractivity contribution in [1.29, 1.82) is 0 Å². The van der Waals surface area contributed by atoms with Crippen molar-refractivity contribution in [1.82, 2.24) is 4.90 Å². The van der Waals surface area contributed by atoms with Crippen molar-refractivity contribution >= 4 is 91.2 Å². The molecule has 2 aliphatic rings. The molecule has 4 aromatic rings. The molecule has 284 valence electrons. The molecule has 0 radical (unpaired) electrons. The molecule has 0 saturated carbocycles. The molecule has 6 rings (SSSR count). The second-order valence-corrected chi connectivity index (χ2v) is 16.0. The number of halogens is 3. The molecule has 4 aromatic carbocycles. The zero-order chi connectivity index (χ0) is 39.3. The van der Waals surface area contributed by atoms with Crippen molar-refractivity contribution in [3.8, 4) is 0 Å². The number of rotatable bonds is 8. The molecule has 2 atom stereocenters. The maximum atomic E-state index is 11.6. The zero-order valence-corrected chi connectivity index (χ0v) is 34.9. The van der Waals surface area contributed by atoms with Gasteiger partial charge < -0.3 is 29.0 Å². The standard InChI is InChI=1S/C16H13BrO4.C16H11BrO3.C6H15N.CH3ClO2S/c1-20-14-12(17)16(19)21-15(14)13(18)11-8-4-6-9-5-2-3-7-10(9)11;1-19-15-13(20-16(18)14(15)17)9-11-7-4-6-10-5-2-3-8-12(10)11;1-4-7(5-2)6-3;1-5(2,3)4/h2-8,13,15,18H,1H3;2-9H,1H3;4-6H2,1-3H3;1H3/b;13-9-;;. The number of esters is 2. The number of nitrogens with zero attached hydrogens (tertiary/aromatic N) is 1. The highest BCUT2D eigenvalue weighted by atomic mass is 79.9. The summed E-state index contributed by atoms with van der Waals surface area (Å²) in [6.45, 7) is 10.1. The summed E-state index contributed by atoms with van der Waals surface area (Å²) >= 11 is 6.30. The van der Waals surface area contributed by atoms with E-state index in [1.54, 1.807) is 0 Å². The molecule has 2 heterocycles. The molecule has 53 heavy (non-hydrogen) atoms. The van der Waals surface area contributed by atoms with Crippen molar-refractivity contribution < 1.29 is 42.1 Å². The average Bonchev–Trinajstić information content (AvgIpc) is 3.59. The van der Waals surface area contributed by atoms with Crippen molar-refractivity contribution in [2.45, 2.75) is 33.0 Å². The molecule has 0 amide bonds. The highest BCUT2D eigenvalue weighted by Gasteiger charge is 2.40.